The number of benzene rings is 4. The third-order valence-corrected chi connectivity index (χ3v) is 8.32. The summed E-state index contributed by atoms with van der Waals surface area (Å²) in [7, 11) is 1.59. The molecule has 192 valence electrons. The summed E-state index contributed by atoms with van der Waals surface area (Å²) in [6.45, 7) is 0. The smallest absolute Gasteiger partial charge is 0.319 e. The van der Waals surface area contributed by atoms with E-state index in [1.165, 1.54) is 4.90 Å². The van der Waals surface area contributed by atoms with E-state index in [2.05, 4.69) is 0 Å². The van der Waals surface area contributed by atoms with E-state index in [1.807, 2.05) is 60.7 Å². The third kappa shape index (κ3) is 3.52. The summed E-state index contributed by atoms with van der Waals surface area (Å²) in [5.41, 5.74) is 2.80. The molecule has 7 heteroatoms. The maximum Gasteiger partial charge on any atom is 0.319 e. The highest BCUT2D eigenvalue weighted by atomic mass is 35.5. The number of hydrogen-bond donors (Lipinski definition) is 0. The molecular formula is C32H22ClNO5. The summed E-state index contributed by atoms with van der Waals surface area (Å²) < 4.78 is 11.2. The minimum absolute atomic E-state index is 0.347. The zero-order valence-corrected chi connectivity index (χ0v) is 21.6. The Morgan fingerprint density at radius 3 is 2.28 bits per heavy atom. The molecule has 2 amide bonds. The molecule has 39 heavy (non-hydrogen) atoms. The molecule has 0 aromatic heterocycles. The normalized spacial score (nSPS) is 23.6. The van der Waals surface area contributed by atoms with E-state index in [0.717, 1.165) is 27.5 Å². The molecule has 1 fully saturated rings. The van der Waals surface area contributed by atoms with E-state index in [0.29, 0.717) is 22.2 Å². The molecule has 0 spiro atoms. The van der Waals surface area contributed by atoms with Crippen LogP contribution < -0.4 is 14.4 Å². The number of nitrogens with zero attached hydrogens (tertiary/aromatic N) is 1. The lowest BCUT2D eigenvalue weighted by Gasteiger charge is -2.38. The monoisotopic (exact) mass is 535 g/mol. The molecule has 4 atom stereocenters. The number of fused-ring (bicyclic) bond motifs is 7. The second-order valence-corrected chi connectivity index (χ2v) is 10.5. The zero-order valence-electron chi connectivity index (χ0n) is 20.8. The summed E-state index contributed by atoms with van der Waals surface area (Å²) >= 11 is 6.08. The number of ether oxygens (including phenoxy) is 2. The van der Waals surface area contributed by atoms with Gasteiger partial charge in [0, 0.05) is 16.5 Å². The van der Waals surface area contributed by atoms with Crippen molar-refractivity contribution >= 4 is 51.4 Å². The van der Waals surface area contributed by atoms with E-state index in [-0.39, 0.29) is 5.91 Å². The van der Waals surface area contributed by atoms with Crippen LogP contribution in [0.2, 0.25) is 5.02 Å². The third-order valence-electron chi connectivity index (χ3n) is 8.07. The van der Waals surface area contributed by atoms with Crippen molar-refractivity contribution in [2.75, 3.05) is 12.0 Å². The number of allylic oxidation sites excluding steroid dienone is 1. The van der Waals surface area contributed by atoms with Crippen molar-refractivity contribution in [1.29, 1.82) is 0 Å². The predicted octanol–water partition coefficient (Wildman–Crippen LogP) is 6.02. The van der Waals surface area contributed by atoms with Crippen molar-refractivity contribution in [3.63, 3.8) is 0 Å². The fourth-order valence-corrected chi connectivity index (χ4v) is 6.45. The first-order chi connectivity index (χ1) is 19.0. The molecule has 0 unspecified atom stereocenters. The van der Waals surface area contributed by atoms with E-state index >= 15 is 0 Å². The number of carbonyl (C=O) groups excluding carboxylic acids is 3. The molecule has 0 bridgehead atoms. The topological polar surface area (TPSA) is 72.9 Å². The van der Waals surface area contributed by atoms with Gasteiger partial charge in [-0.25, -0.2) is 4.90 Å². The lowest BCUT2D eigenvalue weighted by molar-refractivity contribution is -0.142. The summed E-state index contributed by atoms with van der Waals surface area (Å²) in [6.07, 6.45) is 2.00. The molecule has 4 aromatic carbocycles. The molecule has 6 nitrogen and oxygen atoms in total. The second kappa shape index (κ2) is 8.82. The van der Waals surface area contributed by atoms with Crippen LogP contribution in [0, 0.1) is 17.8 Å². The second-order valence-electron chi connectivity index (χ2n) is 10.0. The summed E-state index contributed by atoms with van der Waals surface area (Å²) in [5, 5.41) is 2.42. The molecule has 3 aliphatic rings. The van der Waals surface area contributed by atoms with Gasteiger partial charge in [0.15, 0.2) is 0 Å². The van der Waals surface area contributed by atoms with Crippen LogP contribution >= 0.6 is 11.6 Å². The Hall–Kier alpha value is -4.42. The van der Waals surface area contributed by atoms with Crippen molar-refractivity contribution in [2.45, 2.75) is 5.92 Å². The van der Waals surface area contributed by atoms with E-state index in [9.17, 15) is 14.4 Å². The number of imide groups is 1. The Bertz CT molecular complexity index is 1710. The minimum Gasteiger partial charge on any atom is -0.497 e. The van der Waals surface area contributed by atoms with E-state index in [4.69, 9.17) is 21.1 Å². The molecular weight excluding hydrogens is 514 g/mol. The Kier molecular flexibility index (Phi) is 5.35. The standard InChI is InChI=1S/C32H22ClNO5/c1-38-21-13-6-18(7-14-21)23-16-24-26-22-5-3-2-4-17(22)8-15-25(26)39-32(37)28(24)29-27(23)30(35)34(31(29)36)20-11-9-19(33)10-12-20/h2-16,23,27-29H,1H3/t23-,27-,28-,29-/m0/s1. The lowest BCUT2D eigenvalue weighted by atomic mass is 9.64. The van der Waals surface area contributed by atoms with Crippen LogP contribution in [0.4, 0.5) is 5.69 Å². The first-order valence-corrected chi connectivity index (χ1v) is 13.1. The lowest BCUT2D eigenvalue weighted by Crippen LogP contribution is -2.42. The highest BCUT2D eigenvalue weighted by Gasteiger charge is 2.60. The van der Waals surface area contributed by atoms with Crippen LogP contribution in [-0.4, -0.2) is 24.9 Å². The molecule has 0 radical (unpaired) electrons. The Labute approximate surface area is 229 Å². The molecule has 4 aromatic rings. The van der Waals surface area contributed by atoms with Gasteiger partial charge in [0.25, 0.3) is 0 Å². The van der Waals surface area contributed by atoms with Crippen molar-refractivity contribution in [1.82, 2.24) is 0 Å². The molecule has 0 saturated carbocycles. The van der Waals surface area contributed by atoms with Gasteiger partial charge in [-0.2, -0.15) is 0 Å². The molecule has 2 aliphatic heterocycles. The van der Waals surface area contributed by atoms with Crippen LogP contribution in [-0.2, 0) is 14.4 Å². The van der Waals surface area contributed by atoms with Gasteiger partial charge >= 0.3 is 5.97 Å². The molecule has 0 N–H and O–H groups in total. The Morgan fingerprint density at radius 2 is 1.54 bits per heavy atom. The molecule has 7 rings (SSSR count). The van der Waals surface area contributed by atoms with Crippen LogP contribution in [0.15, 0.2) is 91.0 Å². The number of halogens is 1. The van der Waals surface area contributed by atoms with Crippen LogP contribution in [0.5, 0.6) is 11.5 Å². The predicted molar refractivity (Wildman–Crippen MR) is 148 cm³/mol. The van der Waals surface area contributed by atoms with Crippen molar-refractivity contribution < 1.29 is 23.9 Å². The number of amides is 2. The average Bonchev–Trinajstić information content (AvgIpc) is 3.22. The van der Waals surface area contributed by atoms with Gasteiger partial charge in [0.2, 0.25) is 11.8 Å². The Morgan fingerprint density at radius 1 is 0.821 bits per heavy atom. The van der Waals surface area contributed by atoms with Crippen LogP contribution in [0.3, 0.4) is 0 Å². The Balaban J connectivity index is 1.46. The number of esters is 1. The highest BCUT2D eigenvalue weighted by molar-refractivity contribution is 6.31. The SMILES string of the molecule is COc1ccc([C@@H]2C=C3c4c(ccc5ccccc45)OC(=O)[C@@H]3[C@H]3C(=O)N(c4ccc(Cl)cc4)C(=O)[C@H]32)cc1. The van der Waals surface area contributed by atoms with Crippen molar-refractivity contribution in [3.05, 3.63) is 107 Å². The summed E-state index contributed by atoms with van der Waals surface area (Å²) in [4.78, 5) is 42.9. The average molecular weight is 536 g/mol. The molecule has 1 aliphatic carbocycles. The molecule has 1 saturated heterocycles. The maximum atomic E-state index is 14.1. The number of anilines is 1. The summed E-state index contributed by atoms with van der Waals surface area (Å²) in [5.74, 6) is -3.19. The van der Waals surface area contributed by atoms with Gasteiger partial charge in [-0.3, -0.25) is 14.4 Å². The number of carbonyl (C=O) groups is 3. The fourth-order valence-electron chi connectivity index (χ4n) is 6.33. The van der Waals surface area contributed by atoms with Crippen molar-refractivity contribution in [3.8, 4) is 11.5 Å². The first-order valence-electron chi connectivity index (χ1n) is 12.7. The van der Waals surface area contributed by atoms with Crippen LogP contribution in [0.1, 0.15) is 17.0 Å². The number of rotatable bonds is 3. The quantitative estimate of drug-likeness (QED) is 0.182. The summed E-state index contributed by atoms with van der Waals surface area (Å²) in [6, 6.07) is 25.7. The fraction of sp³-hybridized carbons (Fsp3) is 0.156. The largest absolute Gasteiger partial charge is 0.497 e. The van der Waals surface area contributed by atoms with Gasteiger partial charge in [0.1, 0.15) is 11.5 Å². The van der Waals surface area contributed by atoms with Crippen LogP contribution in [0.25, 0.3) is 16.3 Å². The first kappa shape index (κ1) is 23.7. The minimum atomic E-state index is -0.917. The molecule has 2 heterocycles. The number of methoxy groups -OCH3 is 1. The maximum absolute atomic E-state index is 14.1. The van der Waals surface area contributed by atoms with Crippen molar-refractivity contribution in [2.24, 2.45) is 17.8 Å². The van der Waals surface area contributed by atoms with E-state index in [1.54, 1.807) is 37.4 Å². The van der Waals surface area contributed by atoms with Gasteiger partial charge in [-0.1, -0.05) is 60.1 Å². The zero-order chi connectivity index (χ0) is 26.8. The highest BCUT2D eigenvalue weighted by Crippen LogP contribution is 2.55. The van der Waals surface area contributed by atoms with Gasteiger partial charge in [0.05, 0.1) is 30.6 Å². The van der Waals surface area contributed by atoms with E-state index < -0.39 is 35.5 Å². The number of hydrogen-bond acceptors (Lipinski definition) is 5. The van der Waals surface area contributed by atoms with Gasteiger partial charge < -0.3 is 9.47 Å². The van der Waals surface area contributed by atoms with Gasteiger partial charge in [-0.15, -0.1) is 0 Å². The van der Waals surface area contributed by atoms with Gasteiger partial charge in [-0.05, 0) is 64.4 Å².